The predicted molar refractivity (Wildman–Crippen MR) is 93.4 cm³/mol. The van der Waals surface area contributed by atoms with E-state index in [2.05, 4.69) is 20.5 Å². The van der Waals surface area contributed by atoms with E-state index in [1.807, 2.05) is 39.1 Å². The third kappa shape index (κ3) is 3.08. The highest BCUT2D eigenvalue weighted by Crippen LogP contribution is 2.31. The number of hydrogen-bond acceptors (Lipinski definition) is 5. The number of nitrogens with zero attached hydrogens (tertiary/aromatic N) is 3. The number of aromatic nitrogens is 4. The lowest BCUT2D eigenvalue weighted by atomic mass is 10.1. The molecule has 3 aromatic rings. The van der Waals surface area contributed by atoms with Gasteiger partial charge >= 0.3 is 0 Å². The maximum atomic E-state index is 12.3. The van der Waals surface area contributed by atoms with Crippen molar-refractivity contribution in [2.45, 2.75) is 13.8 Å². The molecule has 3 rings (SSSR count). The first-order chi connectivity index (χ1) is 11.0. The zero-order chi connectivity index (χ0) is 16.6. The molecule has 23 heavy (non-hydrogen) atoms. The Morgan fingerprint density at radius 1 is 1.39 bits per heavy atom. The van der Waals surface area contributed by atoms with Crippen molar-refractivity contribution in [3.8, 4) is 10.7 Å². The number of benzene rings is 1. The van der Waals surface area contributed by atoms with Crippen molar-refractivity contribution in [2.75, 3.05) is 5.32 Å². The molecule has 0 radical (unpaired) electrons. The smallest absolute Gasteiger partial charge is 0.257 e. The van der Waals surface area contributed by atoms with E-state index in [0.29, 0.717) is 21.3 Å². The molecule has 6 nitrogen and oxygen atoms in total. The molecule has 2 N–H and O–H groups in total. The summed E-state index contributed by atoms with van der Waals surface area (Å²) in [6.07, 6.45) is 0. The second-order valence-corrected chi connectivity index (χ2v) is 6.55. The van der Waals surface area contributed by atoms with E-state index in [-0.39, 0.29) is 5.91 Å². The first kappa shape index (κ1) is 15.6. The van der Waals surface area contributed by atoms with Crippen LogP contribution < -0.4 is 5.32 Å². The Morgan fingerprint density at radius 2 is 2.17 bits per heavy atom. The van der Waals surface area contributed by atoms with Crippen molar-refractivity contribution >= 4 is 34.6 Å². The summed E-state index contributed by atoms with van der Waals surface area (Å²) in [5.41, 5.74) is 2.44. The molecule has 0 atom stereocenters. The van der Waals surface area contributed by atoms with Gasteiger partial charge < -0.3 is 4.57 Å². The fourth-order valence-electron chi connectivity index (χ4n) is 2.16. The van der Waals surface area contributed by atoms with E-state index >= 15 is 0 Å². The van der Waals surface area contributed by atoms with Crippen LogP contribution >= 0.6 is 23.6 Å². The molecule has 2 aromatic heterocycles. The number of carbonyl (C=O) groups is 1. The van der Waals surface area contributed by atoms with Gasteiger partial charge in [-0.15, -0.1) is 0 Å². The highest BCUT2D eigenvalue weighted by atomic mass is 32.1. The second kappa shape index (κ2) is 6.05. The fourth-order valence-corrected chi connectivity index (χ4v) is 3.28. The Bertz CT molecular complexity index is 937. The van der Waals surface area contributed by atoms with Gasteiger partial charge in [-0.1, -0.05) is 29.0 Å². The van der Waals surface area contributed by atoms with Gasteiger partial charge in [-0.25, -0.2) is 4.98 Å². The summed E-state index contributed by atoms with van der Waals surface area (Å²) in [4.78, 5) is 17.6. The van der Waals surface area contributed by atoms with E-state index in [1.165, 1.54) is 11.3 Å². The van der Waals surface area contributed by atoms with Crippen molar-refractivity contribution in [3.63, 3.8) is 0 Å². The van der Waals surface area contributed by atoms with Crippen molar-refractivity contribution < 1.29 is 4.79 Å². The lowest BCUT2D eigenvalue weighted by Crippen LogP contribution is -2.11. The van der Waals surface area contributed by atoms with Gasteiger partial charge in [0, 0.05) is 12.6 Å². The van der Waals surface area contributed by atoms with Gasteiger partial charge in [-0.05, 0) is 38.2 Å². The maximum Gasteiger partial charge on any atom is 0.257 e. The van der Waals surface area contributed by atoms with Crippen LogP contribution in [0.4, 0.5) is 5.13 Å². The number of rotatable bonds is 3. The molecule has 0 bridgehead atoms. The monoisotopic (exact) mass is 345 g/mol. The van der Waals surface area contributed by atoms with E-state index in [9.17, 15) is 4.79 Å². The minimum Gasteiger partial charge on any atom is -0.303 e. The standard InChI is InChI=1S/C15H15N5OS2/c1-8-5-4-6-10(7-8)13(21)17-14-16-9(2)11(23-14)12-18-19-15(22)20(12)3/h4-7H,1-3H3,(H,19,22)(H,16,17,21). The van der Waals surface area contributed by atoms with E-state index in [1.54, 1.807) is 10.6 Å². The van der Waals surface area contributed by atoms with Crippen LogP contribution in [0.1, 0.15) is 21.6 Å². The Labute approximate surface area is 142 Å². The molecule has 2 heterocycles. The van der Waals surface area contributed by atoms with Gasteiger partial charge in [0.15, 0.2) is 15.7 Å². The highest BCUT2D eigenvalue weighted by molar-refractivity contribution is 7.71. The lowest BCUT2D eigenvalue weighted by Gasteiger charge is -2.02. The normalized spacial score (nSPS) is 10.7. The molecule has 1 amide bonds. The fraction of sp³-hybridized carbons (Fsp3) is 0.200. The molecule has 0 fully saturated rings. The molecule has 0 spiro atoms. The van der Waals surface area contributed by atoms with Gasteiger partial charge in [-0.3, -0.25) is 15.2 Å². The van der Waals surface area contributed by atoms with Crippen LogP contribution in [0.3, 0.4) is 0 Å². The number of carbonyl (C=O) groups excluding carboxylic acids is 1. The minimum atomic E-state index is -0.177. The van der Waals surface area contributed by atoms with Gasteiger partial charge in [0.1, 0.15) is 0 Å². The van der Waals surface area contributed by atoms with Crippen molar-refractivity contribution in [1.82, 2.24) is 19.7 Å². The lowest BCUT2D eigenvalue weighted by molar-refractivity contribution is 0.102. The number of thiazole rings is 1. The zero-order valence-electron chi connectivity index (χ0n) is 12.9. The average molecular weight is 345 g/mol. The zero-order valence-corrected chi connectivity index (χ0v) is 14.5. The molecular weight excluding hydrogens is 330 g/mol. The Kier molecular flexibility index (Phi) is 4.10. The Morgan fingerprint density at radius 3 is 2.83 bits per heavy atom. The Hall–Kier alpha value is -2.32. The van der Waals surface area contributed by atoms with E-state index in [0.717, 1.165) is 16.1 Å². The predicted octanol–water partition coefficient (Wildman–Crippen LogP) is 3.47. The third-order valence-corrected chi connectivity index (χ3v) is 4.81. The van der Waals surface area contributed by atoms with E-state index < -0.39 is 0 Å². The summed E-state index contributed by atoms with van der Waals surface area (Å²) in [6, 6.07) is 7.43. The summed E-state index contributed by atoms with van der Waals surface area (Å²) < 4.78 is 2.32. The van der Waals surface area contributed by atoms with Crippen LogP contribution in [0, 0.1) is 18.6 Å². The van der Waals surface area contributed by atoms with Crippen LogP contribution in [-0.2, 0) is 7.05 Å². The second-order valence-electron chi connectivity index (χ2n) is 5.17. The largest absolute Gasteiger partial charge is 0.303 e. The first-order valence-electron chi connectivity index (χ1n) is 6.93. The van der Waals surface area contributed by atoms with Crippen LogP contribution in [0.5, 0.6) is 0 Å². The summed E-state index contributed by atoms with van der Waals surface area (Å²) in [5.74, 6) is 0.533. The summed E-state index contributed by atoms with van der Waals surface area (Å²) in [5, 5.41) is 10.3. The molecule has 0 unspecified atom stereocenters. The SMILES string of the molecule is Cc1cccc(C(=O)Nc2nc(C)c(-c3n[nH]c(=S)n3C)s2)c1. The number of aryl methyl sites for hydroxylation is 2. The number of amides is 1. The number of hydrogen-bond donors (Lipinski definition) is 2. The molecule has 0 saturated heterocycles. The maximum absolute atomic E-state index is 12.3. The summed E-state index contributed by atoms with van der Waals surface area (Å²) in [7, 11) is 1.84. The van der Waals surface area contributed by atoms with Crippen LogP contribution in [-0.4, -0.2) is 25.7 Å². The highest BCUT2D eigenvalue weighted by Gasteiger charge is 2.16. The minimum absolute atomic E-state index is 0.177. The van der Waals surface area contributed by atoms with Gasteiger partial charge in [0.25, 0.3) is 5.91 Å². The first-order valence-corrected chi connectivity index (χ1v) is 8.15. The van der Waals surface area contributed by atoms with Crippen molar-refractivity contribution in [2.24, 2.45) is 7.05 Å². The van der Waals surface area contributed by atoms with Gasteiger partial charge in [0.2, 0.25) is 0 Å². The van der Waals surface area contributed by atoms with Crippen molar-refractivity contribution in [3.05, 3.63) is 45.9 Å². The van der Waals surface area contributed by atoms with Gasteiger partial charge in [-0.2, -0.15) is 5.10 Å². The number of aromatic amines is 1. The molecule has 0 aliphatic heterocycles. The van der Waals surface area contributed by atoms with Crippen LogP contribution in [0.25, 0.3) is 10.7 Å². The molecule has 0 aliphatic rings. The molecule has 118 valence electrons. The molecule has 8 heteroatoms. The molecule has 1 aromatic carbocycles. The Balaban J connectivity index is 1.88. The quantitative estimate of drug-likeness (QED) is 0.713. The molecular formula is C15H15N5OS2. The number of H-pyrrole nitrogens is 1. The van der Waals surface area contributed by atoms with Crippen molar-refractivity contribution in [1.29, 1.82) is 0 Å². The average Bonchev–Trinajstić information content (AvgIpc) is 3.02. The topological polar surface area (TPSA) is 75.6 Å². The molecule has 0 saturated carbocycles. The van der Waals surface area contributed by atoms with Crippen LogP contribution in [0.15, 0.2) is 24.3 Å². The third-order valence-electron chi connectivity index (χ3n) is 3.38. The summed E-state index contributed by atoms with van der Waals surface area (Å²) in [6.45, 7) is 3.83. The van der Waals surface area contributed by atoms with Gasteiger partial charge in [0.05, 0.1) is 10.6 Å². The number of nitrogens with one attached hydrogen (secondary N) is 2. The van der Waals surface area contributed by atoms with Crippen LogP contribution in [0.2, 0.25) is 0 Å². The van der Waals surface area contributed by atoms with E-state index in [4.69, 9.17) is 12.2 Å². The number of anilines is 1. The molecule has 0 aliphatic carbocycles. The summed E-state index contributed by atoms with van der Waals surface area (Å²) >= 11 is 6.50.